The molecule has 0 aliphatic rings. The quantitative estimate of drug-likeness (QED) is 0.600. The predicted octanol–water partition coefficient (Wildman–Crippen LogP) is 1.65. The third kappa shape index (κ3) is 4.16. The first kappa shape index (κ1) is 14.2. The highest BCUT2D eigenvalue weighted by Crippen LogP contribution is 2.04. The number of pyridine rings is 1. The summed E-state index contributed by atoms with van der Waals surface area (Å²) >= 11 is 0. The van der Waals surface area contributed by atoms with Gasteiger partial charge in [-0.2, -0.15) is 10.2 Å². The van der Waals surface area contributed by atoms with Gasteiger partial charge in [-0.3, -0.25) is 0 Å². The van der Waals surface area contributed by atoms with Crippen molar-refractivity contribution in [2.75, 3.05) is 28.2 Å². The highest BCUT2D eigenvalue weighted by Gasteiger charge is 2.04. The van der Waals surface area contributed by atoms with Crippen LogP contribution in [-0.2, 0) is 0 Å². The van der Waals surface area contributed by atoms with Crippen LogP contribution in [0.15, 0.2) is 28.4 Å². The van der Waals surface area contributed by atoms with Crippen LogP contribution in [0.3, 0.4) is 0 Å². The summed E-state index contributed by atoms with van der Waals surface area (Å²) in [4.78, 5) is 4.56. The average Bonchev–Trinajstić information content (AvgIpc) is 2.27. The maximum atomic E-state index is 4.56. The Morgan fingerprint density at radius 3 is 1.61 bits per heavy atom. The van der Waals surface area contributed by atoms with Gasteiger partial charge in [-0.05, 0) is 26.0 Å². The Bertz CT molecular complexity index is 421. The molecular weight excluding hydrogens is 226 g/mol. The largest absolute Gasteiger partial charge is 0.303 e. The lowest BCUT2D eigenvalue weighted by Gasteiger charge is -2.09. The van der Waals surface area contributed by atoms with Gasteiger partial charge in [-0.25, -0.2) is 4.98 Å². The minimum atomic E-state index is 0.870. The van der Waals surface area contributed by atoms with Crippen molar-refractivity contribution < 1.29 is 0 Å². The summed E-state index contributed by atoms with van der Waals surface area (Å²) in [6, 6.07) is 5.88. The number of aromatic nitrogens is 1. The molecule has 1 heterocycles. The van der Waals surface area contributed by atoms with Crippen LogP contribution < -0.4 is 0 Å². The molecule has 0 saturated carbocycles. The van der Waals surface area contributed by atoms with Crippen LogP contribution in [0.1, 0.15) is 25.2 Å². The number of hydrogen-bond acceptors (Lipinski definition) is 5. The van der Waals surface area contributed by atoms with Gasteiger partial charge < -0.3 is 10.0 Å². The zero-order valence-electron chi connectivity index (χ0n) is 12.0. The summed E-state index contributed by atoms with van der Waals surface area (Å²) in [5.74, 6) is 0. The van der Waals surface area contributed by atoms with E-state index in [1.807, 2.05) is 60.2 Å². The highest BCUT2D eigenvalue weighted by atomic mass is 15.4. The van der Waals surface area contributed by atoms with Crippen LogP contribution in [0.5, 0.6) is 0 Å². The highest BCUT2D eigenvalue weighted by molar-refractivity contribution is 6.00. The van der Waals surface area contributed by atoms with E-state index < -0.39 is 0 Å². The molecule has 0 unspecified atom stereocenters. The molecule has 0 atom stereocenters. The molecule has 0 aromatic carbocycles. The van der Waals surface area contributed by atoms with E-state index in [-0.39, 0.29) is 0 Å². The Morgan fingerprint density at radius 2 is 1.28 bits per heavy atom. The molecule has 98 valence electrons. The first-order valence-electron chi connectivity index (χ1n) is 5.83. The van der Waals surface area contributed by atoms with Gasteiger partial charge in [0.2, 0.25) is 0 Å². The number of hydrogen-bond donors (Lipinski definition) is 0. The van der Waals surface area contributed by atoms with Crippen LogP contribution in [0.25, 0.3) is 0 Å². The molecule has 0 spiro atoms. The van der Waals surface area contributed by atoms with E-state index in [1.165, 1.54) is 0 Å². The van der Waals surface area contributed by atoms with Crippen molar-refractivity contribution in [3.05, 3.63) is 29.6 Å². The summed E-state index contributed by atoms with van der Waals surface area (Å²) in [6.45, 7) is 3.90. The third-order valence-electron chi connectivity index (χ3n) is 2.19. The van der Waals surface area contributed by atoms with Crippen molar-refractivity contribution in [2.24, 2.45) is 10.2 Å². The van der Waals surface area contributed by atoms with E-state index in [0.717, 1.165) is 22.8 Å². The SMILES string of the molecule is C/C(=N\N(C)C)c1cccc(/C(C)=N/N(C)C)n1. The minimum absolute atomic E-state index is 0.870. The van der Waals surface area contributed by atoms with Gasteiger partial charge in [0.15, 0.2) is 0 Å². The third-order valence-corrected chi connectivity index (χ3v) is 2.19. The molecule has 0 N–H and O–H groups in total. The van der Waals surface area contributed by atoms with Crippen LogP contribution in [0.4, 0.5) is 0 Å². The number of rotatable bonds is 4. The van der Waals surface area contributed by atoms with Gasteiger partial charge in [-0.15, -0.1) is 0 Å². The normalized spacial score (nSPS) is 12.6. The summed E-state index contributed by atoms with van der Waals surface area (Å²) in [6.07, 6.45) is 0. The monoisotopic (exact) mass is 247 g/mol. The molecule has 0 aliphatic heterocycles. The van der Waals surface area contributed by atoms with Crippen molar-refractivity contribution in [1.82, 2.24) is 15.0 Å². The molecule has 0 amide bonds. The van der Waals surface area contributed by atoms with Crippen molar-refractivity contribution >= 4 is 11.4 Å². The Hall–Kier alpha value is -1.91. The Balaban J connectivity index is 3.07. The van der Waals surface area contributed by atoms with Gasteiger partial charge >= 0.3 is 0 Å². The Kier molecular flexibility index (Phi) is 4.83. The molecule has 5 nitrogen and oxygen atoms in total. The van der Waals surface area contributed by atoms with Crippen LogP contribution in [0, 0.1) is 0 Å². The van der Waals surface area contributed by atoms with Gasteiger partial charge in [0, 0.05) is 28.2 Å². The smallest absolute Gasteiger partial charge is 0.0867 e. The molecule has 1 aromatic rings. The number of hydrazone groups is 2. The fraction of sp³-hybridized carbons (Fsp3) is 0.462. The topological polar surface area (TPSA) is 44.1 Å². The second kappa shape index (κ2) is 6.14. The minimum Gasteiger partial charge on any atom is -0.303 e. The van der Waals surface area contributed by atoms with E-state index in [4.69, 9.17) is 0 Å². The van der Waals surface area contributed by atoms with E-state index in [0.29, 0.717) is 0 Å². The molecule has 0 radical (unpaired) electrons. The molecule has 18 heavy (non-hydrogen) atoms. The van der Waals surface area contributed by atoms with E-state index in [2.05, 4.69) is 15.2 Å². The summed E-state index contributed by atoms with van der Waals surface area (Å²) in [7, 11) is 7.58. The van der Waals surface area contributed by atoms with Gasteiger partial charge in [0.25, 0.3) is 0 Å². The summed E-state index contributed by atoms with van der Waals surface area (Å²) in [5.41, 5.74) is 3.52. The maximum Gasteiger partial charge on any atom is 0.0867 e. The van der Waals surface area contributed by atoms with Gasteiger partial charge in [0.1, 0.15) is 0 Å². The molecule has 0 aliphatic carbocycles. The predicted molar refractivity (Wildman–Crippen MR) is 76.0 cm³/mol. The van der Waals surface area contributed by atoms with Crippen molar-refractivity contribution in [1.29, 1.82) is 0 Å². The Morgan fingerprint density at radius 1 is 0.889 bits per heavy atom. The summed E-state index contributed by atoms with van der Waals surface area (Å²) < 4.78 is 0. The standard InChI is InChI=1S/C13H21N5/c1-10(15-17(3)4)12-8-7-9-13(14-12)11(2)16-18(5)6/h7-9H,1-6H3/b15-10+,16-11+. The van der Waals surface area contributed by atoms with E-state index in [1.54, 1.807) is 10.0 Å². The van der Waals surface area contributed by atoms with Crippen molar-refractivity contribution in [3.8, 4) is 0 Å². The lowest BCUT2D eigenvalue weighted by atomic mass is 10.2. The fourth-order valence-corrected chi connectivity index (χ4v) is 1.54. The van der Waals surface area contributed by atoms with Crippen molar-refractivity contribution in [2.45, 2.75) is 13.8 Å². The second-order valence-electron chi connectivity index (χ2n) is 4.47. The van der Waals surface area contributed by atoms with E-state index in [9.17, 15) is 0 Å². The van der Waals surface area contributed by atoms with Gasteiger partial charge in [-0.1, -0.05) is 6.07 Å². The molecule has 5 heteroatoms. The average molecular weight is 247 g/mol. The van der Waals surface area contributed by atoms with Crippen molar-refractivity contribution in [3.63, 3.8) is 0 Å². The van der Waals surface area contributed by atoms with Crippen LogP contribution in [0.2, 0.25) is 0 Å². The zero-order chi connectivity index (χ0) is 13.7. The van der Waals surface area contributed by atoms with Crippen LogP contribution >= 0.6 is 0 Å². The number of nitrogens with zero attached hydrogens (tertiary/aromatic N) is 5. The lowest BCUT2D eigenvalue weighted by molar-refractivity contribution is 0.437. The molecule has 0 saturated heterocycles. The first-order chi connectivity index (χ1) is 8.40. The molecule has 0 bridgehead atoms. The fourth-order valence-electron chi connectivity index (χ4n) is 1.54. The zero-order valence-corrected chi connectivity index (χ0v) is 12.0. The Labute approximate surface area is 109 Å². The van der Waals surface area contributed by atoms with E-state index >= 15 is 0 Å². The first-order valence-corrected chi connectivity index (χ1v) is 5.83. The molecule has 1 rings (SSSR count). The second-order valence-corrected chi connectivity index (χ2v) is 4.47. The maximum absolute atomic E-state index is 4.56. The molecule has 0 fully saturated rings. The van der Waals surface area contributed by atoms with Gasteiger partial charge in [0.05, 0.1) is 22.8 Å². The summed E-state index contributed by atoms with van der Waals surface area (Å²) in [5, 5.41) is 12.2. The molecule has 1 aromatic heterocycles. The lowest BCUT2D eigenvalue weighted by Crippen LogP contribution is -2.12. The van der Waals surface area contributed by atoms with Crippen LogP contribution in [-0.4, -0.2) is 54.6 Å². The molecular formula is C13H21N5.